The molecule has 1 N–H and O–H groups in total. The SMILES string of the molecule is CCN(CC)C(=O)C1=C(C)N=C2SC=C(CC(=O)NCc3ccccc3)N2[C@@H]1c1ccc(Cl)cc1. The molecular formula is C27H29ClN4O2S. The van der Waals surface area contributed by atoms with E-state index in [2.05, 4.69) is 5.32 Å². The van der Waals surface area contributed by atoms with Gasteiger partial charge in [0.05, 0.1) is 23.7 Å². The number of allylic oxidation sites excluding steroid dienone is 1. The Morgan fingerprint density at radius 1 is 1.09 bits per heavy atom. The molecule has 2 amide bonds. The topological polar surface area (TPSA) is 65.0 Å². The third-order valence-corrected chi connectivity index (χ3v) is 7.28. The van der Waals surface area contributed by atoms with E-state index >= 15 is 0 Å². The number of carbonyl (C=O) groups excluding carboxylic acids is 2. The highest BCUT2D eigenvalue weighted by Crippen LogP contribution is 2.45. The lowest BCUT2D eigenvalue weighted by molar-refractivity contribution is -0.127. The quantitative estimate of drug-likeness (QED) is 0.512. The third kappa shape index (κ3) is 5.46. The summed E-state index contributed by atoms with van der Waals surface area (Å²) in [6.45, 7) is 7.51. The van der Waals surface area contributed by atoms with Gasteiger partial charge in [0, 0.05) is 30.4 Å². The number of hydrogen-bond donors (Lipinski definition) is 1. The Bertz CT molecular complexity index is 1190. The minimum absolute atomic E-state index is 0.0416. The second-order valence-corrected chi connectivity index (χ2v) is 9.63. The van der Waals surface area contributed by atoms with Gasteiger partial charge in [-0.3, -0.25) is 9.59 Å². The number of thioether (sulfide) groups is 1. The number of nitrogens with zero attached hydrogens (tertiary/aromatic N) is 3. The fourth-order valence-corrected chi connectivity index (χ4v) is 5.40. The van der Waals surface area contributed by atoms with Gasteiger partial charge in [-0.1, -0.05) is 65.8 Å². The summed E-state index contributed by atoms with van der Waals surface area (Å²) in [7, 11) is 0. The van der Waals surface area contributed by atoms with E-state index in [4.69, 9.17) is 16.6 Å². The van der Waals surface area contributed by atoms with Crippen molar-refractivity contribution < 1.29 is 9.59 Å². The molecule has 0 radical (unpaired) electrons. The number of nitrogens with one attached hydrogen (secondary N) is 1. The van der Waals surface area contributed by atoms with Crippen LogP contribution in [0.3, 0.4) is 0 Å². The van der Waals surface area contributed by atoms with Gasteiger partial charge in [-0.05, 0) is 49.4 Å². The molecule has 0 aliphatic carbocycles. The predicted octanol–water partition coefficient (Wildman–Crippen LogP) is 5.49. The van der Waals surface area contributed by atoms with Gasteiger partial charge in [0.1, 0.15) is 0 Å². The van der Waals surface area contributed by atoms with E-state index in [0.717, 1.165) is 22.0 Å². The summed E-state index contributed by atoms with van der Waals surface area (Å²) >= 11 is 7.65. The Kier molecular flexibility index (Phi) is 7.98. The van der Waals surface area contributed by atoms with E-state index in [1.807, 2.05) is 85.7 Å². The molecule has 0 saturated carbocycles. The highest BCUT2D eigenvalue weighted by molar-refractivity contribution is 8.16. The van der Waals surface area contributed by atoms with Crippen LogP contribution in [0, 0.1) is 0 Å². The van der Waals surface area contributed by atoms with Crippen LogP contribution in [0.2, 0.25) is 5.02 Å². The van der Waals surface area contributed by atoms with Gasteiger partial charge < -0.3 is 15.1 Å². The number of hydrogen-bond acceptors (Lipinski definition) is 5. The molecule has 1 atom stereocenters. The van der Waals surface area contributed by atoms with Gasteiger partial charge in [-0.2, -0.15) is 0 Å². The molecular weight excluding hydrogens is 480 g/mol. The molecule has 0 bridgehead atoms. The molecule has 2 aliphatic heterocycles. The van der Waals surface area contributed by atoms with Crippen LogP contribution in [-0.4, -0.2) is 39.9 Å². The lowest BCUT2D eigenvalue weighted by atomic mass is 9.92. The summed E-state index contributed by atoms with van der Waals surface area (Å²) in [6, 6.07) is 17.0. The van der Waals surface area contributed by atoms with Gasteiger partial charge in [0.2, 0.25) is 5.91 Å². The second-order valence-electron chi connectivity index (χ2n) is 8.36. The van der Waals surface area contributed by atoms with Crippen LogP contribution in [0.4, 0.5) is 0 Å². The minimum atomic E-state index is -0.393. The zero-order chi connectivity index (χ0) is 24.9. The summed E-state index contributed by atoms with van der Waals surface area (Å²) < 4.78 is 0. The van der Waals surface area contributed by atoms with Crippen LogP contribution in [0.15, 0.2) is 82.0 Å². The Morgan fingerprint density at radius 2 is 1.77 bits per heavy atom. The first kappa shape index (κ1) is 25.1. The number of carbonyl (C=O) groups is 2. The Morgan fingerprint density at radius 3 is 2.43 bits per heavy atom. The Labute approximate surface area is 215 Å². The first-order valence-corrected chi connectivity index (χ1v) is 13.0. The number of aliphatic imine (C=N–C) groups is 1. The third-order valence-electron chi connectivity index (χ3n) is 6.14. The van der Waals surface area contributed by atoms with Gasteiger partial charge in [0.15, 0.2) is 5.17 Å². The summed E-state index contributed by atoms with van der Waals surface area (Å²) in [4.78, 5) is 35.1. The number of likely N-dealkylation sites (N-methyl/N-ethyl adjacent to an activating group) is 1. The van der Waals surface area contributed by atoms with Crippen molar-refractivity contribution >= 4 is 40.3 Å². The smallest absolute Gasteiger partial charge is 0.254 e. The lowest BCUT2D eigenvalue weighted by Crippen LogP contribution is -2.42. The molecule has 4 rings (SSSR count). The molecule has 8 heteroatoms. The summed E-state index contributed by atoms with van der Waals surface area (Å²) in [6.07, 6.45) is 0.189. The van der Waals surface area contributed by atoms with Crippen molar-refractivity contribution in [1.82, 2.24) is 15.1 Å². The minimum Gasteiger partial charge on any atom is -0.352 e. The standard InChI is InChI=1S/C27H29ClN4O2S/c1-4-31(5-2)26(34)24-18(3)30-27-32(25(24)20-11-13-21(28)14-12-20)22(17-35-27)15-23(33)29-16-19-9-7-6-8-10-19/h6-14,17,25H,4-5,15-16H2,1-3H3,(H,29,33)/t25-/m1/s1. The van der Waals surface area contributed by atoms with Crippen molar-refractivity contribution in [3.8, 4) is 0 Å². The van der Waals surface area contributed by atoms with E-state index in [1.54, 1.807) is 4.90 Å². The number of fused-ring (bicyclic) bond motifs is 1. The first-order chi connectivity index (χ1) is 16.9. The molecule has 0 unspecified atom stereocenters. The van der Waals surface area contributed by atoms with E-state index < -0.39 is 6.04 Å². The van der Waals surface area contributed by atoms with Crippen LogP contribution in [0.1, 0.15) is 44.4 Å². The van der Waals surface area contributed by atoms with Crippen LogP contribution in [-0.2, 0) is 16.1 Å². The van der Waals surface area contributed by atoms with Crippen LogP contribution >= 0.6 is 23.4 Å². The fraction of sp³-hybridized carbons (Fsp3) is 0.296. The van der Waals surface area contributed by atoms with Crippen molar-refractivity contribution in [2.45, 2.75) is 39.8 Å². The maximum absolute atomic E-state index is 13.6. The molecule has 0 fully saturated rings. The largest absolute Gasteiger partial charge is 0.352 e. The van der Waals surface area contributed by atoms with Crippen LogP contribution in [0.5, 0.6) is 0 Å². The normalized spacial score (nSPS) is 17.0. The van der Waals surface area contributed by atoms with E-state index in [0.29, 0.717) is 35.9 Å². The molecule has 6 nitrogen and oxygen atoms in total. The first-order valence-electron chi connectivity index (χ1n) is 11.7. The molecule has 182 valence electrons. The number of amides is 2. The number of rotatable bonds is 8. The fourth-order valence-electron chi connectivity index (χ4n) is 4.31. The molecule has 0 saturated heterocycles. The average molecular weight is 509 g/mol. The molecule has 0 spiro atoms. The summed E-state index contributed by atoms with van der Waals surface area (Å²) in [5.74, 6) is -0.125. The van der Waals surface area contributed by atoms with Crippen molar-refractivity contribution in [2.24, 2.45) is 4.99 Å². The summed E-state index contributed by atoms with van der Waals surface area (Å²) in [5.41, 5.74) is 4.11. The van der Waals surface area contributed by atoms with Crippen molar-refractivity contribution in [2.75, 3.05) is 13.1 Å². The van der Waals surface area contributed by atoms with Gasteiger partial charge in [-0.15, -0.1) is 0 Å². The Balaban J connectivity index is 1.64. The molecule has 2 heterocycles. The Hall–Kier alpha value is -3.03. The van der Waals surface area contributed by atoms with Gasteiger partial charge in [0.25, 0.3) is 5.91 Å². The van der Waals surface area contributed by atoms with Crippen LogP contribution in [0.25, 0.3) is 0 Å². The zero-order valence-electron chi connectivity index (χ0n) is 20.1. The highest BCUT2D eigenvalue weighted by Gasteiger charge is 2.41. The van der Waals surface area contributed by atoms with E-state index in [9.17, 15) is 9.59 Å². The zero-order valence-corrected chi connectivity index (χ0v) is 21.7. The van der Waals surface area contributed by atoms with Crippen molar-refractivity contribution in [3.05, 3.63) is 93.1 Å². The van der Waals surface area contributed by atoms with E-state index in [-0.39, 0.29) is 18.2 Å². The molecule has 2 aliphatic rings. The second kappa shape index (κ2) is 11.1. The van der Waals surface area contributed by atoms with Crippen LogP contribution < -0.4 is 5.32 Å². The molecule has 2 aromatic rings. The number of amidine groups is 1. The summed E-state index contributed by atoms with van der Waals surface area (Å²) in [5, 5.41) is 6.36. The molecule has 35 heavy (non-hydrogen) atoms. The lowest BCUT2D eigenvalue weighted by Gasteiger charge is -2.38. The van der Waals surface area contributed by atoms with Crippen molar-refractivity contribution in [1.29, 1.82) is 0 Å². The maximum atomic E-state index is 13.6. The maximum Gasteiger partial charge on any atom is 0.254 e. The van der Waals surface area contributed by atoms with Gasteiger partial charge >= 0.3 is 0 Å². The number of benzene rings is 2. The van der Waals surface area contributed by atoms with Crippen molar-refractivity contribution in [3.63, 3.8) is 0 Å². The van der Waals surface area contributed by atoms with Gasteiger partial charge in [-0.25, -0.2) is 4.99 Å². The molecule has 2 aromatic carbocycles. The molecule has 0 aromatic heterocycles. The van der Waals surface area contributed by atoms with E-state index in [1.165, 1.54) is 11.8 Å². The average Bonchev–Trinajstić information content (AvgIpc) is 3.25. The number of halogens is 1. The predicted molar refractivity (Wildman–Crippen MR) is 143 cm³/mol. The monoisotopic (exact) mass is 508 g/mol. The highest BCUT2D eigenvalue weighted by atomic mass is 35.5.